The standard InChI is InChI=1S/C21H18N2O/c1-24-17-13-11-16(12-14-17)23-20(15-7-3-2-4-8-15)18-9-5-6-10-19(18)21(23)22/h2-14,20,22H,1H3. The fourth-order valence-electron chi connectivity index (χ4n) is 3.33. The minimum absolute atomic E-state index is 0.0169. The largest absolute Gasteiger partial charge is 0.497 e. The van der Waals surface area contributed by atoms with Gasteiger partial charge in [0.15, 0.2) is 0 Å². The lowest BCUT2D eigenvalue weighted by Gasteiger charge is -2.27. The smallest absolute Gasteiger partial charge is 0.133 e. The number of nitrogens with zero attached hydrogens (tertiary/aromatic N) is 1. The number of rotatable bonds is 3. The van der Waals surface area contributed by atoms with E-state index in [0.717, 1.165) is 17.0 Å². The first kappa shape index (κ1) is 14.5. The van der Waals surface area contributed by atoms with Gasteiger partial charge in [-0.15, -0.1) is 0 Å². The maximum atomic E-state index is 8.70. The van der Waals surface area contributed by atoms with Gasteiger partial charge >= 0.3 is 0 Å². The third-order valence-corrected chi connectivity index (χ3v) is 4.48. The highest BCUT2D eigenvalue weighted by molar-refractivity contribution is 6.13. The van der Waals surface area contributed by atoms with Crippen molar-refractivity contribution in [2.45, 2.75) is 6.04 Å². The van der Waals surface area contributed by atoms with E-state index in [-0.39, 0.29) is 6.04 Å². The summed E-state index contributed by atoms with van der Waals surface area (Å²) in [5, 5.41) is 8.70. The second kappa shape index (κ2) is 5.85. The van der Waals surface area contributed by atoms with E-state index < -0.39 is 0 Å². The van der Waals surface area contributed by atoms with Gasteiger partial charge in [-0.1, -0.05) is 54.6 Å². The van der Waals surface area contributed by atoms with Crippen molar-refractivity contribution in [2.75, 3.05) is 12.0 Å². The molecule has 3 aromatic carbocycles. The Bertz CT molecular complexity index is 872. The predicted molar refractivity (Wildman–Crippen MR) is 97.0 cm³/mol. The van der Waals surface area contributed by atoms with Gasteiger partial charge in [-0.05, 0) is 35.4 Å². The van der Waals surface area contributed by atoms with Gasteiger partial charge in [-0.2, -0.15) is 0 Å². The second-order valence-corrected chi connectivity index (χ2v) is 5.82. The van der Waals surface area contributed by atoms with E-state index >= 15 is 0 Å². The van der Waals surface area contributed by atoms with Gasteiger partial charge in [-0.3, -0.25) is 5.41 Å². The van der Waals surface area contributed by atoms with Crippen molar-refractivity contribution in [2.24, 2.45) is 0 Å². The van der Waals surface area contributed by atoms with Crippen LogP contribution in [0.15, 0.2) is 78.9 Å². The molecule has 1 aliphatic heterocycles. The summed E-state index contributed by atoms with van der Waals surface area (Å²) in [4.78, 5) is 2.08. The Morgan fingerprint density at radius 1 is 0.833 bits per heavy atom. The van der Waals surface area contributed by atoms with Crippen molar-refractivity contribution in [1.82, 2.24) is 0 Å². The molecule has 1 unspecified atom stereocenters. The summed E-state index contributed by atoms with van der Waals surface area (Å²) in [7, 11) is 1.66. The molecule has 1 aliphatic rings. The predicted octanol–water partition coefficient (Wildman–Crippen LogP) is 4.63. The lowest BCUT2D eigenvalue weighted by molar-refractivity contribution is 0.415. The van der Waals surface area contributed by atoms with Crippen LogP contribution in [0.1, 0.15) is 22.7 Å². The molecule has 1 heterocycles. The lowest BCUT2D eigenvalue weighted by Crippen LogP contribution is -2.28. The third kappa shape index (κ3) is 2.26. The summed E-state index contributed by atoms with van der Waals surface area (Å²) in [6.07, 6.45) is 0. The third-order valence-electron chi connectivity index (χ3n) is 4.48. The summed E-state index contributed by atoms with van der Waals surface area (Å²) in [6.45, 7) is 0. The first-order valence-corrected chi connectivity index (χ1v) is 7.95. The highest BCUT2D eigenvalue weighted by Gasteiger charge is 2.35. The Balaban J connectivity index is 1.86. The molecule has 3 nitrogen and oxygen atoms in total. The Morgan fingerprint density at radius 3 is 2.21 bits per heavy atom. The van der Waals surface area contributed by atoms with E-state index in [9.17, 15) is 0 Å². The zero-order chi connectivity index (χ0) is 16.5. The zero-order valence-corrected chi connectivity index (χ0v) is 13.4. The van der Waals surface area contributed by atoms with E-state index in [4.69, 9.17) is 10.1 Å². The van der Waals surface area contributed by atoms with Gasteiger partial charge in [0.2, 0.25) is 0 Å². The molecule has 0 saturated carbocycles. The van der Waals surface area contributed by atoms with Crippen LogP contribution in [-0.2, 0) is 0 Å². The van der Waals surface area contributed by atoms with Crippen molar-refractivity contribution in [1.29, 1.82) is 5.41 Å². The fourth-order valence-corrected chi connectivity index (χ4v) is 3.33. The average molecular weight is 314 g/mol. The van der Waals surface area contributed by atoms with Crippen LogP contribution >= 0.6 is 0 Å². The second-order valence-electron chi connectivity index (χ2n) is 5.82. The lowest BCUT2D eigenvalue weighted by atomic mass is 9.98. The molecule has 4 rings (SSSR count). The minimum Gasteiger partial charge on any atom is -0.497 e. The number of ether oxygens (including phenoxy) is 1. The molecule has 0 amide bonds. The first-order valence-electron chi connectivity index (χ1n) is 7.95. The Hall–Kier alpha value is -3.07. The summed E-state index contributed by atoms with van der Waals surface area (Å²) < 4.78 is 5.26. The average Bonchev–Trinajstić information content (AvgIpc) is 2.95. The van der Waals surface area contributed by atoms with Crippen LogP contribution in [0.5, 0.6) is 5.75 Å². The maximum absolute atomic E-state index is 8.70. The van der Waals surface area contributed by atoms with Crippen molar-refractivity contribution in [3.05, 3.63) is 95.6 Å². The highest BCUT2D eigenvalue weighted by Crippen LogP contribution is 2.41. The molecule has 1 N–H and O–H groups in total. The number of methoxy groups -OCH3 is 1. The molecule has 0 radical (unpaired) electrons. The van der Waals surface area contributed by atoms with Crippen LogP contribution in [0, 0.1) is 5.41 Å². The Kier molecular flexibility index (Phi) is 3.54. The van der Waals surface area contributed by atoms with Crippen LogP contribution in [0.25, 0.3) is 0 Å². The quantitative estimate of drug-likeness (QED) is 0.765. The molecule has 0 aliphatic carbocycles. The number of nitrogens with one attached hydrogen (secondary N) is 1. The SMILES string of the molecule is COc1ccc(N2C(=N)c3ccccc3C2c2ccccc2)cc1. The van der Waals surface area contributed by atoms with Gasteiger partial charge in [0.1, 0.15) is 11.6 Å². The summed E-state index contributed by atoms with van der Waals surface area (Å²) in [6, 6.07) is 26.4. The van der Waals surface area contributed by atoms with Crippen LogP contribution in [0.2, 0.25) is 0 Å². The molecule has 3 aromatic rings. The Morgan fingerprint density at radius 2 is 1.50 bits per heavy atom. The summed E-state index contributed by atoms with van der Waals surface area (Å²) in [5.41, 5.74) is 4.33. The molecule has 0 aromatic heterocycles. The maximum Gasteiger partial charge on any atom is 0.133 e. The number of hydrogen-bond donors (Lipinski definition) is 1. The molecule has 0 fully saturated rings. The molecule has 0 saturated heterocycles. The van der Waals surface area contributed by atoms with Crippen LogP contribution in [0.3, 0.4) is 0 Å². The molecule has 3 heteroatoms. The number of anilines is 1. The summed E-state index contributed by atoms with van der Waals surface area (Å²) >= 11 is 0. The monoisotopic (exact) mass is 314 g/mol. The molecular formula is C21H18N2O. The minimum atomic E-state index is 0.0169. The van der Waals surface area contributed by atoms with E-state index in [0.29, 0.717) is 5.84 Å². The van der Waals surface area contributed by atoms with Gasteiger partial charge in [0, 0.05) is 11.3 Å². The number of amidine groups is 1. The van der Waals surface area contributed by atoms with Gasteiger partial charge < -0.3 is 9.64 Å². The number of hydrogen-bond acceptors (Lipinski definition) is 2. The highest BCUT2D eigenvalue weighted by atomic mass is 16.5. The molecular weight excluding hydrogens is 296 g/mol. The van der Waals surface area contributed by atoms with Crippen molar-refractivity contribution >= 4 is 11.5 Å². The summed E-state index contributed by atoms with van der Waals surface area (Å²) in [5.74, 6) is 1.35. The topological polar surface area (TPSA) is 36.3 Å². The van der Waals surface area contributed by atoms with E-state index in [2.05, 4.69) is 23.1 Å². The van der Waals surface area contributed by atoms with E-state index in [1.807, 2.05) is 60.7 Å². The van der Waals surface area contributed by atoms with E-state index in [1.54, 1.807) is 7.11 Å². The van der Waals surface area contributed by atoms with Crippen molar-refractivity contribution in [3.8, 4) is 5.75 Å². The molecule has 0 bridgehead atoms. The van der Waals surface area contributed by atoms with Gasteiger partial charge in [0.25, 0.3) is 0 Å². The van der Waals surface area contributed by atoms with Crippen LogP contribution in [0.4, 0.5) is 5.69 Å². The van der Waals surface area contributed by atoms with Crippen molar-refractivity contribution in [3.63, 3.8) is 0 Å². The normalized spacial score (nSPS) is 16.1. The van der Waals surface area contributed by atoms with Crippen LogP contribution < -0.4 is 9.64 Å². The van der Waals surface area contributed by atoms with Crippen molar-refractivity contribution < 1.29 is 4.74 Å². The first-order chi connectivity index (χ1) is 11.8. The molecule has 24 heavy (non-hydrogen) atoms. The molecule has 0 spiro atoms. The zero-order valence-electron chi connectivity index (χ0n) is 13.4. The molecule has 1 atom stereocenters. The molecule has 118 valence electrons. The number of benzene rings is 3. The van der Waals surface area contributed by atoms with Gasteiger partial charge in [-0.25, -0.2) is 0 Å². The van der Waals surface area contributed by atoms with E-state index in [1.165, 1.54) is 11.1 Å². The number of fused-ring (bicyclic) bond motifs is 1. The fraction of sp³-hybridized carbons (Fsp3) is 0.0952. The Labute approximate surface area is 141 Å². The van der Waals surface area contributed by atoms with Crippen LogP contribution in [-0.4, -0.2) is 12.9 Å². The van der Waals surface area contributed by atoms with Gasteiger partial charge in [0.05, 0.1) is 13.2 Å².